The lowest BCUT2D eigenvalue weighted by atomic mass is 9.83. The van der Waals surface area contributed by atoms with Crippen molar-refractivity contribution in [3.8, 4) is 16.8 Å². The lowest BCUT2D eigenvalue weighted by Crippen LogP contribution is -2.33. The van der Waals surface area contributed by atoms with Crippen molar-refractivity contribution in [3.05, 3.63) is 155 Å². The van der Waals surface area contributed by atoms with Crippen LogP contribution in [0.1, 0.15) is 37.1 Å². The fraction of sp³-hybridized carbons (Fsp3) is 0.0930. The van der Waals surface area contributed by atoms with Gasteiger partial charge in [0.25, 0.3) is 0 Å². The van der Waals surface area contributed by atoms with E-state index in [-0.39, 0.29) is 0 Å². The number of allylic oxidation sites excluding steroid dienone is 4. The molecule has 0 bridgehead atoms. The van der Waals surface area contributed by atoms with Crippen molar-refractivity contribution in [3.63, 3.8) is 0 Å². The molecule has 7 aromatic rings. The van der Waals surface area contributed by atoms with Crippen LogP contribution in [-0.4, -0.2) is 9.55 Å². The Morgan fingerprint density at radius 2 is 1.18 bits per heavy atom. The zero-order valence-corrected chi connectivity index (χ0v) is 25.1. The summed E-state index contributed by atoms with van der Waals surface area (Å²) in [5.74, 6) is 1.04. The molecule has 0 saturated heterocycles. The lowest BCUT2D eigenvalue weighted by molar-refractivity contribution is 0.989. The number of para-hydroxylation sites is 3. The van der Waals surface area contributed by atoms with E-state index in [1.54, 1.807) is 0 Å². The number of rotatable bonds is 4. The van der Waals surface area contributed by atoms with Gasteiger partial charge in [-0.2, -0.15) is 0 Å². The maximum atomic E-state index is 5.15. The molecule has 0 N–H and O–H groups in total. The summed E-state index contributed by atoms with van der Waals surface area (Å²) in [6, 6.07) is 43.7. The van der Waals surface area contributed by atoms with Crippen LogP contribution in [0, 0.1) is 0 Å². The summed E-state index contributed by atoms with van der Waals surface area (Å²) in [4.78, 5) is 5.15. The average Bonchev–Trinajstić information content (AvgIpc) is 3.50. The molecule has 1 aromatic heterocycles. The number of fused-ring (bicyclic) bond motifs is 4. The molecule has 9 rings (SSSR count). The van der Waals surface area contributed by atoms with Crippen molar-refractivity contribution < 1.29 is 0 Å². The van der Waals surface area contributed by atoms with Gasteiger partial charge in [-0.3, -0.25) is 4.57 Å². The van der Waals surface area contributed by atoms with Gasteiger partial charge in [-0.05, 0) is 116 Å². The number of hydrogen-bond donors (Lipinski definition) is 0. The zero-order valence-electron chi connectivity index (χ0n) is 25.1. The molecule has 2 aliphatic carbocycles. The van der Waals surface area contributed by atoms with Crippen LogP contribution in [0.5, 0.6) is 0 Å². The number of hydrogen-bond acceptors (Lipinski definition) is 1. The Hall–Kier alpha value is -5.47. The highest BCUT2D eigenvalue weighted by atomic mass is 15.1. The maximum absolute atomic E-state index is 5.15. The minimum Gasteiger partial charge on any atom is -0.293 e. The van der Waals surface area contributed by atoms with E-state index in [0.717, 1.165) is 48.2 Å². The monoisotopic (exact) mass is 576 g/mol. The van der Waals surface area contributed by atoms with E-state index >= 15 is 0 Å². The number of nitrogens with zero attached hydrogens (tertiary/aromatic N) is 2. The minimum absolute atomic E-state index is 0.946. The smallest absolute Gasteiger partial charge is 0.141 e. The Bertz CT molecular complexity index is 2470. The number of aromatic nitrogens is 2. The predicted octanol–water partition coefficient (Wildman–Crippen LogP) is 9.61. The van der Waals surface area contributed by atoms with E-state index in [2.05, 4.69) is 150 Å². The summed E-state index contributed by atoms with van der Waals surface area (Å²) in [5.41, 5.74) is 10.0. The Morgan fingerprint density at radius 3 is 1.98 bits per heavy atom. The van der Waals surface area contributed by atoms with Gasteiger partial charge in [0, 0.05) is 5.69 Å². The van der Waals surface area contributed by atoms with Crippen LogP contribution in [0.25, 0.3) is 72.7 Å². The van der Waals surface area contributed by atoms with Crippen molar-refractivity contribution in [2.75, 3.05) is 0 Å². The molecule has 2 aliphatic rings. The largest absolute Gasteiger partial charge is 0.293 e. The maximum Gasteiger partial charge on any atom is 0.141 e. The molecule has 1 heterocycles. The van der Waals surface area contributed by atoms with Crippen LogP contribution in [0.15, 0.2) is 133 Å². The highest BCUT2D eigenvalue weighted by molar-refractivity contribution is 6.05. The Labute approximate surface area is 262 Å². The van der Waals surface area contributed by atoms with Gasteiger partial charge in [-0.1, -0.05) is 115 Å². The third-order valence-electron chi connectivity index (χ3n) is 9.53. The van der Waals surface area contributed by atoms with E-state index in [4.69, 9.17) is 4.98 Å². The quantitative estimate of drug-likeness (QED) is 0.204. The average molecular weight is 577 g/mol. The highest BCUT2D eigenvalue weighted by Gasteiger charge is 2.21. The summed E-state index contributed by atoms with van der Waals surface area (Å²) in [6.07, 6.45) is 13.7. The predicted molar refractivity (Wildman–Crippen MR) is 191 cm³/mol. The number of imidazole rings is 1. The Kier molecular flexibility index (Phi) is 6.12. The van der Waals surface area contributed by atoms with E-state index in [1.165, 1.54) is 59.8 Å². The SMILES string of the molecule is C1=C(c2c3c(c(-c4ccc5ccccc5c4)c4ccccc24)=CCCC=3)CCC(c2nc3ccccc3n2-c2ccccc2)=C1. The van der Waals surface area contributed by atoms with Gasteiger partial charge in [-0.25, -0.2) is 4.98 Å². The third-order valence-corrected chi connectivity index (χ3v) is 9.53. The third kappa shape index (κ3) is 4.29. The first-order chi connectivity index (χ1) is 22.3. The van der Waals surface area contributed by atoms with Crippen molar-refractivity contribution in [1.82, 2.24) is 9.55 Å². The molecular weight excluding hydrogens is 544 g/mol. The summed E-state index contributed by atoms with van der Waals surface area (Å²) in [7, 11) is 0. The molecule has 0 radical (unpaired) electrons. The fourth-order valence-corrected chi connectivity index (χ4v) is 7.47. The van der Waals surface area contributed by atoms with Gasteiger partial charge >= 0.3 is 0 Å². The van der Waals surface area contributed by atoms with Crippen molar-refractivity contribution in [2.24, 2.45) is 0 Å². The molecule has 0 fully saturated rings. The molecule has 6 aromatic carbocycles. The number of benzene rings is 6. The molecule has 214 valence electrons. The van der Waals surface area contributed by atoms with Crippen molar-refractivity contribution in [1.29, 1.82) is 0 Å². The van der Waals surface area contributed by atoms with E-state index < -0.39 is 0 Å². The standard InChI is InChI=1S/C43H32N2/c1-2-14-34(15-3-1)45-40-21-11-10-20-39(40)44-43(45)31-25-23-30(24-26-31)41-35-16-6-8-18-37(35)42(38-19-9-7-17-36(38)41)33-27-22-29-12-4-5-13-32(29)28-33/h1-6,8,10-23,25,27-28H,7,9,24,26H2. The second-order valence-corrected chi connectivity index (χ2v) is 12.1. The Morgan fingerprint density at radius 1 is 0.533 bits per heavy atom. The first-order valence-electron chi connectivity index (χ1n) is 16.0. The molecule has 45 heavy (non-hydrogen) atoms. The van der Waals surface area contributed by atoms with Crippen LogP contribution < -0.4 is 10.4 Å². The normalized spacial score (nSPS) is 14.5. The fourth-order valence-electron chi connectivity index (χ4n) is 7.47. The molecule has 2 nitrogen and oxygen atoms in total. The van der Waals surface area contributed by atoms with E-state index in [1.807, 2.05) is 0 Å². The summed E-state index contributed by atoms with van der Waals surface area (Å²) < 4.78 is 2.32. The zero-order chi connectivity index (χ0) is 29.7. The minimum atomic E-state index is 0.946. The topological polar surface area (TPSA) is 17.8 Å². The van der Waals surface area contributed by atoms with Gasteiger partial charge in [-0.15, -0.1) is 0 Å². The van der Waals surface area contributed by atoms with E-state index in [9.17, 15) is 0 Å². The van der Waals surface area contributed by atoms with Crippen LogP contribution in [0.4, 0.5) is 0 Å². The van der Waals surface area contributed by atoms with Gasteiger partial charge in [0.05, 0.1) is 11.0 Å². The molecule has 0 unspecified atom stereocenters. The summed E-state index contributed by atoms with van der Waals surface area (Å²) in [5, 5.41) is 8.00. The summed E-state index contributed by atoms with van der Waals surface area (Å²) in [6.45, 7) is 0. The molecule has 2 heteroatoms. The Balaban J connectivity index is 1.24. The molecule has 0 saturated carbocycles. The van der Waals surface area contributed by atoms with Gasteiger partial charge in [0.2, 0.25) is 0 Å². The van der Waals surface area contributed by atoms with Crippen LogP contribution in [-0.2, 0) is 0 Å². The molecule has 0 atom stereocenters. The first-order valence-corrected chi connectivity index (χ1v) is 16.0. The van der Waals surface area contributed by atoms with Gasteiger partial charge < -0.3 is 0 Å². The molecular formula is C43H32N2. The summed E-state index contributed by atoms with van der Waals surface area (Å²) >= 11 is 0. The molecule has 0 aliphatic heterocycles. The highest BCUT2D eigenvalue weighted by Crippen LogP contribution is 2.37. The van der Waals surface area contributed by atoms with Crippen molar-refractivity contribution in [2.45, 2.75) is 25.7 Å². The van der Waals surface area contributed by atoms with Crippen LogP contribution in [0.2, 0.25) is 0 Å². The lowest BCUT2D eigenvalue weighted by Gasteiger charge is -2.21. The first kappa shape index (κ1) is 26.0. The molecule has 0 amide bonds. The second-order valence-electron chi connectivity index (χ2n) is 12.1. The van der Waals surface area contributed by atoms with Crippen LogP contribution in [0.3, 0.4) is 0 Å². The van der Waals surface area contributed by atoms with E-state index in [0.29, 0.717) is 0 Å². The molecule has 0 spiro atoms. The van der Waals surface area contributed by atoms with Gasteiger partial charge in [0.15, 0.2) is 0 Å². The van der Waals surface area contributed by atoms with Crippen LogP contribution >= 0.6 is 0 Å². The van der Waals surface area contributed by atoms with Crippen molar-refractivity contribution >= 4 is 55.9 Å². The van der Waals surface area contributed by atoms with Gasteiger partial charge in [0.1, 0.15) is 5.82 Å². The second kappa shape index (κ2) is 10.6.